The number of carbonyl (C=O) groups is 2. The van der Waals surface area contributed by atoms with E-state index in [1.54, 1.807) is 6.07 Å². The van der Waals surface area contributed by atoms with E-state index in [2.05, 4.69) is 10.6 Å². The van der Waals surface area contributed by atoms with Crippen LogP contribution in [0.5, 0.6) is 0 Å². The van der Waals surface area contributed by atoms with Gasteiger partial charge in [0.2, 0.25) is 5.91 Å². The van der Waals surface area contributed by atoms with Crippen LogP contribution in [0, 0.1) is 11.3 Å². The van der Waals surface area contributed by atoms with Crippen molar-refractivity contribution in [3.63, 3.8) is 0 Å². The van der Waals surface area contributed by atoms with E-state index < -0.39 is 6.23 Å². The Morgan fingerprint density at radius 1 is 1.33 bits per heavy atom. The highest BCUT2D eigenvalue weighted by molar-refractivity contribution is 5.94. The van der Waals surface area contributed by atoms with Gasteiger partial charge in [0.05, 0.1) is 5.41 Å². The summed E-state index contributed by atoms with van der Waals surface area (Å²) in [6.45, 7) is 4.77. The summed E-state index contributed by atoms with van der Waals surface area (Å²) in [4.78, 5) is 24.4. The summed E-state index contributed by atoms with van der Waals surface area (Å²) in [7, 11) is 0. The van der Waals surface area contributed by atoms with Crippen LogP contribution in [0.3, 0.4) is 0 Å². The van der Waals surface area contributed by atoms with E-state index in [1.165, 1.54) is 0 Å². The summed E-state index contributed by atoms with van der Waals surface area (Å²) in [6, 6.07) is 5.67. The molecule has 1 unspecified atom stereocenters. The van der Waals surface area contributed by atoms with Gasteiger partial charge < -0.3 is 15.7 Å². The highest BCUT2D eigenvalue weighted by Crippen LogP contribution is 2.41. The first-order valence-corrected chi connectivity index (χ1v) is 8.79. The number of hydrogen-bond donors (Lipinski definition) is 3. The molecule has 2 aliphatic rings. The lowest BCUT2D eigenvalue weighted by molar-refractivity contribution is -0.128. The Labute approximate surface area is 142 Å². The van der Waals surface area contributed by atoms with Gasteiger partial charge in [-0.15, -0.1) is 0 Å². The summed E-state index contributed by atoms with van der Waals surface area (Å²) in [6.07, 6.45) is 3.03. The van der Waals surface area contributed by atoms with E-state index in [1.807, 2.05) is 26.0 Å². The van der Waals surface area contributed by atoms with Crippen LogP contribution in [0.25, 0.3) is 0 Å². The average molecular weight is 330 g/mol. The SMILES string of the molecule is CC(C)C[C@@H](O)NC(=O)c1ccc2c(c1)CCC1(CCNC1=O)C2. The number of nitrogens with one attached hydrogen (secondary N) is 2. The molecular formula is C19H26N2O3. The molecule has 1 fully saturated rings. The average Bonchev–Trinajstić information content (AvgIpc) is 2.86. The molecule has 130 valence electrons. The second kappa shape index (κ2) is 6.55. The number of amides is 2. The van der Waals surface area contributed by atoms with E-state index in [-0.39, 0.29) is 17.2 Å². The number of aliphatic hydroxyl groups is 1. The van der Waals surface area contributed by atoms with E-state index in [0.29, 0.717) is 17.9 Å². The lowest BCUT2D eigenvalue weighted by Crippen LogP contribution is -2.37. The van der Waals surface area contributed by atoms with Gasteiger partial charge in [-0.05, 0) is 61.3 Å². The largest absolute Gasteiger partial charge is 0.374 e. The summed E-state index contributed by atoms with van der Waals surface area (Å²) in [5, 5.41) is 15.5. The molecule has 1 aliphatic carbocycles. The van der Waals surface area contributed by atoms with Crippen LogP contribution >= 0.6 is 0 Å². The van der Waals surface area contributed by atoms with Crippen molar-refractivity contribution in [1.82, 2.24) is 10.6 Å². The number of aliphatic hydroxyl groups excluding tert-OH is 1. The summed E-state index contributed by atoms with van der Waals surface area (Å²) in [5.74, 6) is 0.245. The Balaban J connectivity index is 1.71. The molecule has 1 aromatic rings. The van der Waals surface area contributed by atoms with E-state index in [4.69, 9.17) is 0 Å². The zero-order valence-electron chi connectivity index (χ0n) is 14.4. The van der Waals surface area contributed by atoms with Crippen LogP contribution in [0.1, 0.15) is 54.6 Å². The minimum atomic E-state index is -0.820. The van der Waals surface area contributed by atoms with Crippen molar-refractivity contribution in [2.75, 3.05) is 6.54 Å². The molecule has 0 radical (unpaired) electrons. The normalized spacial score (nSPS) is 23.9. The molecule has 0 aromatic heterocycles. The maximum absolute atomic E-state index is 12.3. The number of carbonyl (C=O) groups excluding carboxylic acids is 2. The fraction of sp³-hybridized carbons (Fsp3) is 0.579. The number of rotatable bonds is 4. The lowest BCUT2D eigenvalue weighted by atomic mass is 9.70. The molecule has 0 bridgehead atoms. The molecule has 0 saturated carbocycles. The molecule has 3 rings (SSSR count). The number of benzene rings is 1. The molecule has 5 heteroatoms. The summed E-state index contributed by atoms with van der Waals surface area (Å²) < 4.78 is 0. The second-order valence-electron chi connectivity index (χ2n) is 7.57. The van der Waals surface area contributed by atoms with Gasteiger partial charge in [0.15, 0.2) is 0 Å². The van der Waals surface area contributed by atoms with Crippen LogP contribution in [-0.4, -0.2) is 29.7 Å². The van der Waals surface area contributed by atoms with Crippen LogP contribution in [-0.2, 0) is 17.6 Å². The van der Waals surface area contributed by atoms with Gasteiger partial charge in [0.25, 0.3) is 5.91 Å². The smallest absolute Gasteiger partial charge is 0.253 e. The van der Waals surface area contributed by atoms with Crippen molar-refractivity contribution in [2.45, 2.75) is 52.2 Å². The first-order chi connectivity index (χ1) is 11.4. The zero-order valence-corrected chi connectivity index (χ0v) is 14.4. The molecule has 1 spiro atoms. The summed E-state index contributed by atoms with van der Waals surface area (Å²) >= 11 is 0. The molecule has 5 nitrogen and oxygen atoms in total. The standard InChI is InChI=1S/C19H26N2O3/c1-12(2)9-16(22)21-17(23)14-3-4-15-11-19(6-5-13(15)10-14)7-8-20-18(19)24/h3-4,10,12,16,22H,5-9,11H2,1-2H3,(H,20,24)(H,21,23)/t16-,19?/m1/s1. The third kappa shape index (κ3) is 3.31. The fourth-order valence-corrected chi connectivity index (χ4v) is 3.86. The predicted octanol–water partition coefficient (Wildman–Crippen LogP) is 1.78. The molecule has 1 saturated heterocycles. The Kier molecular flexibility index (Phi) is 4.63. The summed E-state index contributed by atoms with van der Waals surface area (Å²) in [5.41, 5.74) is 2.64. The minimum absolute atomic E-state index is 0.173. The van der Waals surface area contributed by atoms with Gasteiger partial charge in [-0.2, -0.15) is 0 Å². The molecule has 2 atom stereocenters. The van der Waals surface area contributed by atoms with Crippen molar-refractivity contribution in [1.29, 1.82) is 0 Å². The van der Waals surface area contributed by atoms with E-state index in [0.717, 1.165) is 43.4 Å². The second-order valence-corrected chi connectivity index (χ2v) is 7.57. The van der Waals surface area contributed by atoms with Gasteiger partial charge in [-0.3, -0.25) is 9.59 Å². The van der Waals surface area contributed by atoms with Crippen molar-refractivity contribution in [3.05, 3.63) is 34.9 Å². The van der Waals surface area contributed by atoms with E-state index >= 15 is 0 Å². The van der Waals surface area contributed by atoms with Crippen molar-refractivity contribution < 1.29 is 14.7 Å². The van der Waals surface area contributed by atoms with Gasteiger partial charge in [0.1, 0.15) is 6.23 Å². The van der Waals surface area contributed by atoms with Crippen molar-refractivity contribution >= 4 is 11.8 Å². The molecule has 1 aromatic carbocycles. The molecule has 1 aliphatic heterocycles. The Hall–Kier alpha value is -1.88. The Bertz CT molecular complexity index is 656. The minimum Gasteiger partial charge on any atom is -0.374 e. The third-order valence-electron chi connectivity index (χ3n) is 5.23. The predicted molar refractivity (Wildman–Crippen MR) is 91.5 cm³/mol. The topological polar surface area (TPSA) is 78.4 Å². The molecule has 2 amide bonds. The van der Waals surface area contributed by atoms with E-state index in [9.17, 15) is 14.7 Å². The maximum atomic E-state index is 12.3. The van der Waals surface area contributed by atoms with Crippen LogP contribution < -0.4 is 10.6 Å². The fourth-order valence-electron chi connectivity index (χ4n) is 3.86. The first-order valence-electron chi connectivity index (χ1n) is 8.79. The van der Waals surface area contributed by atoms with Gasteiger partial charge in [-0.25, -0.2) is 0 Å². The van der Waals surface area contributed by atoms with Crippen LogP contribution in [0.4, 0.5) is 0 Å². The highest BCUT2D eigenvalue weighted by atomic mass is 16.3. The first kappa shape index (κ1) is 17.0. The quantitative estimate of drug-likeness (QED) is 0.736. The lowest BCUT2D eigenvalue weighted by Gasteiger charge is -2.32. The monoisotopic (exact) mass is 330 g/mol. The number of hydrogen-bond acceptors (Lipinski definition) is 3. The van der Waals surface area contributed by atoms with Crippen LogP contribution in [0.2, 0.25) is 0 Å². The third-order valence-corrected chi connectivity index (χ3v) is 5.23. The van der Waals surface area contributed by atoms with Gasteiger partial charge >= 0.3 is 0 Å². The molecule has 3 N–H and O–H groups in total. The number of aryl methyl sites for hydroxylation is 1. The Morgan fingerprint density at radius 3 is 2.79 bits per heavy atom. The van der Waals surface area contributed by atoms with Crippen LogP contribution in [0.15, 0.2) is 18.2 Å². The zero-order chi connectivity index (χ0) is 17.3. The van der Waals surface area contributed by atoms with Crippen molar-refractivity contribution in [2.24, 2.45) is 11.3 Å². The molecular weight excluding hydrogens is 304 g/mol. The molecule has 24 heavy (non-hydrogen) atoms. The molecule has 1 heterocycles. The number of fused-ring (bicyclic) bond motifs is 1. The van der Waals surface area contributed by atoms with Gasteiger partial charge in [0, 0.05) is 12.1 Å². The maximum Gasteiger partial charge on any atom is 0.253 e. The van der Waals surface area contributed by atoms with Gasteiger partial charge in [-0.1, -0.05) is 19.9 Å². The highest BCUT2D eigenvalue weighted by Gasteiger charge is 2.44. The Morgan fingerprint density at radius 2 is 2.12 bits per heavy atom. The van der Waals surface area contributed by atoms with Crippen molar-refractivity contribution in [3.8, 4) is 0 Å².